The number of anilines is 1. The van der Waals surface area contributed by atoms with Crippen molar-refractivity contribution in [3.05, 3.63) is 23.8 Å². The number of carbonyl (C=O) groups is 1. The molecule has 1 heterocycles. The zero-order valence-corrected chi connectivity index (χ0v) is 12.0. The number of rotatable bonds is 4. The number of aryl methyl sites for hydroxylation is 1. The van der Waals surface area contributed by atoms with Gasteiger partial charge < -0.3 is 15.8 Å². The molecule has 3 N–H and O–H groups in total. The number of hydrogen-bond donors (Lipinski definition) is 2. The molecule has 1 saturated heterocycles. The summed E-state index contributed by atoms with van der Waals surface area (Å²) in [6.07, 6.45) is 1.83. The van der Waals surface area contributed by atoms with Crippen LogP contribution in [0.3, 0.4) is 0 Å². The van der Waals surface area contributed by atoms with Gasteiger partial charge >= 0.3 is 0 Å². The van der Waals surface area contributed by atoms with Crippen LogP contribution in [0.5, 0.6) is 0 Å². The summed E-state index contributed by atoms with van der Waals surface area (Å²) >= 11 is 1.55. The Kier molecular flexibility index (Phi) is 5.10. The van der Waals surface area contributed by atoms with Crippen LogP contribution in [0.2, 0.25) is 0 Å². The standard InChI is InChI=1S/C14H20N2O2S/c1-10-8-11(15)2-3-13(10)19-9-14(17)16-12-4-6-18-7-5-12/h2-3,8,12H,4-7,9,15H2,1H3,(H,16,17). The molecule has 0 bridgehead atoms. The average Bonchev–Trinajstić information content (AvgIpc) is 2.39. The number of hydrogen-bond acceptors (Lipinski definition) is 4. The van der Waals surface area contributed by atoms with Crippen LogP contribution in [0, 0.1) is 6.92 Å². The van der Waals surface area contributed by atoms with Gasteiger partial charge in [0.1, 0.15) is 0 Å². The quantitative estimate of drug-likeness (QED) is 0.654. The molecule has 104 valence electrons. The van der Waals surface area contributed by atoms with Crippen molar-refractivity contribution < 1.29 is 9.53 Å². The van der Waals surface area contributed by atoms with Crippen LogP contribution >= 0.6 is 11.8 Å². The molecule has 4 nitrogen and oxygen atoms in total. The Bertz CT molecular complexity index is 445. The van der Waals surface area contributed by atoms with Gasteiger partial charge in [0.05, 0.1) is 5.75 Å². The van der Waals surface area contributed by atoms with Gasteiger partial charge in [0.25, 0.3) is 0 Å². The molecule has 1 amide bonds. The highest BCUT2D eigenvalue weighted by atomic mass is 32.2. The Morgan fingerprint density at radius 2 is 2.21 bits per heavy atom. The molecule has 0 atom stereocenters. The predicted octanol–water partition coefficient (Wildman–Crippen LogP) is 1.96. The SMILES string of the molecule is Cc1cc(N)ccc1SCC(=O)NC1CCOCC1. The largest absolute Gasteiger partial charge is 0.399 e. The van der Waals surface area contributed by atoms with Crippen molar-refractivity contribution in [2.75, 3.05) is 24.7 Å². The van der Waals surface area contributed by atoms with Gasteiger partial charge in [-0.05, 0) is 43.5 Å². The van der Waals surface area contributed by atoms with Crippen molar-refractivity contribution in [2.45, 2.75) is 30.7 Å². The highest BCUT2D eigenvalue weighted by molar-refractivity contribution is 8.00. The maximum Gasteiger partial charge on any atom is 0.230 e. The smallest absolute Gasteiger partial charge is 0.230 e. The number of carbonyl (C=O) groups excluding carboxylic acids is 1. The Morgan fingerprint density at radius 3 is 2.89 bits per heavy atom. The highest BCUT2D eigenvalue weighted by Crippen LogP contribution is 2.23. The number of thioether (sulfide) groups is 1. The lowest BCUT2D eigenvalue weighted by atomic mass is 10.1. The summed E-state index contributed by atoms with van der Waals surface area (Å²) in [5.41, 5.74) is 7.58. The third-order valence-corrected chi connectivity index (χ3v) is 4.32. The van der Waals surface area contributed by atoms with E-state index < -0.39 is 0 Å². The maximum absolute atomic E-state index is 11.9. The minimum Gasteiger partial charge on any atom is -0.399 e. The first-order valence-corrected chi connectivity index (χ1v) is 7.50. The molecule has 1 fully saturated rings. The fourth-order valence-corrected chi connectivity index (χ4v) is 2.91. The molecule has 0 saturated carbocycles. The third kappa shape index (κ3) is 4.44. The lowest BCUT2D eigenvalue weighted by Gasteiger charge is -2.23. The third-order valence-electron chi connectivity index (χ3n) is 3.14. The van der Waals surface area contributed by atoms with Gasteiger partial charge in [-0.3, -0.25) is 4.79 Å². The molecule has 1 aromatic rings. The summed E-state index contributed by atoms with van der Waals surface area (Å²) in [5.74, 6) is 0.537. The van der Waals surface area contributed by atoms with Crippen molar-refractivity contribution in [1.82, 2.24) is 5.32 Å². The van der Waals surface area contributed by atoms with E-state index in [0.29, 0.717) is 5.75 Å². The van der Waals surface area contributed by atoms with Crippen molar-refractivity contribution in [2.24, 2.45) is 0 Å². The van der Waals surface area contributed by atoms with E-state index in [1.54, 1.807) is 11.8 Å². The van der Waals surface area contributed by atoms with E-state index in [1.807, 2.05) is 25.1 Å². The fraction of sp³-hybridized carbons (Fsp3) is 0.500. The number of amides is 1. The molecule has 0 aliphatic carbocycles. The van der Waals surface area contributed by atoms with Crippen molar-refractivity contribution in [3.8, 4) is 0 Å². The second-order valence-corrected chi connectivity index (χ2v) is 5.78. The molecule has 1 aromatic carbocycles. The van der Waals surface area contributed by atoms with Gasteiger partial charge in [0.2, 0.25) is 5.91 Å². The lowest BCUT2D eigenvalue weighted by Crippen LogP contribution is -2.39. The number of nitrogens with one attached hydrogen (secondary N) is 1. The number of nitrogens with two attached hydrogens (primary N) is 1. The molecule has 2 rings (SSSR count). The Balaban J connectivity index is 1.79. The molecule has 1 aliphatic heterocycles. The minimum absolute atomic E-state index is 0.0909. The normalized spacial score (nSPS) is 16.3. The summed E-state index contributed by atoms with van der Waals surface area (Å²) in [7, 11) is 0. The van der Waals surface area contributed by atoms with Crippen molar-refractivity contribution in [3.63, 3.8) is 0 Å². The molecule has 19 heavy (non-hydrogen) atoms. The van der Waals surface area contributed by atoms with E-state index in [1.165, 1.54) is 0 Å². The van der Waals surface area contributed by atoms with Crippen molar-refractivity contribution >= 4 is 23.4 Å². The van der Waals surface area contributed by atoms with E-state index >= 15 is 0 Å². The fourth-order valence-electron chi connectivity index (χ4n) is 2.09. The van der Waals surface area contributed by atoms with Gasteiger partial charge in [-0.1, -0.05) is 0 Å². The van der Waals surface area contributed by atoms with E-state index in [0.717, 1.165) is 42.2 Å². The van der Waals surface area contributed by atoms with Gasteiger partial charge in [0.15, 0.2) is 0 Å². The van der Waals surface area contributed by atoms with Gasteiger partial charge in [-0.25, -0.2) is 0 Å². The zero-order valence-electron chi connectivity index (χ0n) is 11.1. The van der Waals surface area contributed by atoms with Crippen molar-refractivity contribution in [1.29, 1.82) is 0 Å². The maximum atomic E-state index is 11.9. The van der Waals surface area contributed by atoms with Crippen LogP contribution in [0.4, 0.5) is 5.69 Å². The van der Waals surface area contributed by atoms with E-state index in [2.05, 4.69) is 5.32 Å². The number of ether oxygens (including phenoxy) is 1. The summed E-state index contributed by atoms with van der Waals surface area (Å²) in [6.45, 7) is 3.50. The molecule has 0 unspecified atom stereocenters. The summed E-state index contributed by atoms with van der Waals surface area (Å²) < 4.78 is 5.27. The topological polar surface area (TPSA) is 64.4 Å². The Morgan fingerprint density at radius 1 is 1.47 bits per heavy atom. The average molecular weight is 280 g/mol. The molecule has 0 aromatic heterocycles. The van der Waals surface area contributed by atoms with Crippen LogP contribution in [-0.2, 0) is 9.53 Å². The van der Waals surface area contributed by atoms with E-state index in [-0.39, 0.29) is 11.9 Å². The first-order valence-electron chi connectivity index (χ1n) is 6.51. The minimum atomic E-state index is 0.0909. The number of nitrogen functional groups attached to an aromatic ring is 1. The molecule has 5 heteroatoms. The summed E-state index contributed by atoms with van der Waals surface area (Å²) in [5, 5.41) is 3.06. The molecule has 0 spiro atoms. The molecule has 1 aliphatic rings. The lowest BCUT2D eigenvalue weighted by molar-refractivity contribution is -0.119. The first-order chi connectivity index (χ1) is 9.15. The Hall–Kier alpha value is -1.20. The summed E-state index contributed by atoms with van der Waals surface area (Å²) in [4.78, 5) is 13.0. The van der Waals surface area contributed by atoms with E-state index in [4.69, 9.17) is 10.5 Å². The monoisotopic (exact) mass is 280 g/mol. The van der Waals surface area contributed by atoms with Crippen LogP contribution in [0.15, 0.2) is 23.1 Å². The van der Waals surface area contributed by atoms with Crippen LogP contribution in [0.25, 0.3) is 0 Å². The highest BCUT2D eigenvalue weighted by Gasteiger charge is 2.16. The van der Waals surface area contributed by atoms with Crippen LogP contribution in [0.1, 0.15) is 18.4 Å². The molecular formula is C14H20N2O2S. The number of benzene rings is 1. The zero-order chi connectivity index (χ0) is 13.7. The predicted molar refractivity (Wildman–Crippen MR) is 78.3 cm³/mol. The Labute approximate surface area is 118 Å². The van der Waals surface area contributed by atoms with Crippen LogP contribution < -0.4 is 11.1 Å². The van der Waals surface area contributed by atoms with E-state index in [9.17, 15) is 4.79 Å². The van der Waals surface area contributed by atoms with Crippen LogP contribution in [-0.4, -0.2) is 30.9 Å². The summed E-state index contributed by atoms with van der Waals surface area (Å²) in [6, 6.07) is 6.04. The van der Waals surface area contributed by atoms with Gasteiger partial charge in [-0.2, -0.15) is 0 Å². The van der Waals surface area contributed by atoms with Gasteiger partial charge in [0, 0.05) is 29.8 Å². The van der Waals surface area contributed by atoms with Gasteiger partial charge in [-0.15, -0.1) is 11.8 Å². The second kappa shape index (κ2) is 6.82. The molecular weight excluding hydrogens is 260 g/mol. The molecule has 0 radical (unpaired) electrons. The first kappa shape index (κ1) is 14.2. The second-order valence-electron chi connectivity index (χ2n) is 4.77.